The predicted molar refractivity (Wildman–Crippen MR) is 166 cm³/mol. The first kappa shape index (κ1) is 28.7. The average molecular weight is 588 g/mol. The fraction of sp³-hybridized carbons (Fsp3) is 0.281. The number of carbonyl (C=O) groups excluding carboxylic acids is 2. The maximum atomic E-state index is 13.6. The summed E-state index contributed by atoms with van der Waals surface area (Å²) in [7, 11) is 3.19. The third-order valence-electron chi connectivity index (χ3n) is 7.11. The second-order valence-corrected chi connectivity index (χ2v) is 11.9. The molecule has 2 N–H and O–H groups in total. The molecule has 0 saturated heterocycles. The van der Waals surface area contributed by atoms with Crippen LogP contribution < -0.4 is 20.1 Å². The van der Waals surface area contributed by atoms with Gasteiger partial charge in [-0.05, 0) is 60.9 Å². The lowest BCUT2D eigenvalue weighted by Crippen LogP contribution is -2.24. The van der Waals surface area contributed by atoms with Crippen LogP contribution in [0.1, 0.15) is 42.9 Å². The third kappa shape index (κ3) is 7.28. The molecule has 0 bridgehead atoms. The van der Waals surface area contributed by atoms with Crippen molar-refractivity contribution in [3.8, 4) is 22.8 Å². The van der Waals surface area contributed by atoms with E-state index in [4.69, 9.17) is 9.47 Å². The Balaban J connectivity index is 1.28. The van der Waals surface area contributed by atoms with Gasteiger partial charge < -0.3 is 20.1 Å². The number of hydrogen-bond donors (Lipinski definition) is 2. The smallest absolute Gasteiger partial charge is 0.244 e. The molecule has 9 heteroatoms. The van der Waals surface area contributed by atoms with E-state index in [9.17, 15) is 9.59 Å². The number of nitrogens with zero attached hydrogens (tertiary/aromatic N) is 1. The van der Waals surface area contributed by atoms with Gasteiger partial charge in [-0.25, -0.2) is 4.98 Å². The third-order valence-corrected chi connectivity index (χ3v) is 9.13. The molecule has 3 aromatic carbocycles. The van der Waals surface area contributed by atoms with Crippen LogP contribution in [0.5, 0.6) is 11.5 Å². The Hall–Kier alpha value is -3.82. The van der Waals surface area contributed by atoms with Crippen molar-refractivity contribution in [1.82, 2.24) is 4.98 Å². The monoisotopic (exact) mass is 587 g/mol. The number of amides is 2. The highest BCUT2D eigenvalue weighted by molar-refractivity contribution is 8.00. The molecule has 2 amide bonds. The van der Waals surface area contributed by atoms with Gasteiger partial charge in [-0.2, -0.15) is 0 Å². The van der Waals surface area contributed by atoms with E-state index in [2.05, 4.69) is 15.6 Å². The van der Waals surface area contributed by atoms with Gasteiger partial charge in [0.1, 0.15) is 5.25 Å². The lowest BCUT2D eigenvalue weighted by atomic mass is 9.88. The summed E-state index contributed by atoms with van der Waals surface area (Å²) >= 11 is 2.83. The van der Waals surface area contributed by atoms with E-state index in [0.717, 1.165) is 53.1 Å². The highest BCUT2D eigenvalue weighted by Crippen LogP contribution is 2.38. The van der Waals surface area contributed by atoms with Crippen LogP contribution in [0, 0.1) is 5.92 Å². The van der Waals surface area contributed by atoms with E-state index in [-0.39, 0.29) is 17.7 Å². The van der Waals surface area contributed by atoms with E-state index in [1.54, 1.807) is 14.2 Å². The minimum Gasteiger partial charge on any atom is -0.493 e. The SMILES string of the molecule is COc1ccc(-c2csc(NC(=O)C(Sc3ccc(NC(=O)C4CCCCC4)cc3)c3ccccc3)n2)cc1OC. The number of benzene rings is 3. The number of methoxy groups -OCH3 is 2. The number of thioether (sulfide) groups is 1. The fourth-order valence-corrected chi connectivity index (χ4v) is 6.64. The second-order valence-electron chi connectivity index (χ2n) is 9.85. The lowest BCUT2D eigenvalue weighted by Gasteiger charge is -2.21. The molecule has 1 saturated carbocycles. The standard InChI is InChI=1S/C32H33N3O4S2/c1-38-27-18-13-23(19-28(27)39-2)26-20-40-32(34-26)35-31(37)29(21-9-5-3-6-10-21)41-25-16-14-24(15-17-25)33-30(36)22-11-7-4-8-12-22/h3,5-6,9-10,13-20,22,29H,4,7-8,11-12H2,1-2H3,(H,33,36)(H,34,35,37). The number of thiazole rings is 1. The van der Waals surface area contributed by atoms with Crippen molar-refractivity contribution < 1.29 is 19.1 Å². The molecule has 0 spiro atoms. The molecular formula is C32H33N3O4S2. The number of rotatable bonds is 10. The molecule has 5 rings (SSSR count). The number of nitrogens with one attached hydrogen (secondary N) is 2. The van der Waals surface area contributed by atoms with E-state index < -0.39 is 5.25 Å². The Bertz CT molecular complexity index is 1470. The zero-order chi connectivity index (χ0) is 28.6. The molecule has 1 heterocycles. The van der Waals surface area contributed by atoms with Crippen LogP contribution in [0.3, 0.4) is 0 Å². The first-order valence-electron chi connectivity index (χ1n) is 13.7. The van der Waals surface area contributed by atoms with Crippen LogP contribution in [0.2, 0.25) is 0 Å². The molecular weight excluding hydrogens is 555 g/mol. The summed E-state index contributed by atoms with van der Waals surface area (Å²) in [4.78, 5) is 31.8. The summed E-state index contributed by atoms with van der Waals surface area (Å²) in [5, 5.41) is 8.00. The Kier molecular flexibility index (Phi) is 9.59. The molecule has 1 atom stereocenters. The van der Waals surface area contributed by atoms with Gasteiger partial charge in [0.25, 0.3) is 0 Å². The van der Waals surface area contributed by atoms with Gasteiger partial charge in [-0.1, -0.05) is 49.6 Å². The van der Waals surface area contributed by atoms with Gasteiger partial charge in [0.05, 0.1) is 19.9 Å². The van der Waals surface area contributed by atoms with Gasteiger partial charge in [-0.15, -0.1) is 23.1 Å². The zero-order valence-corrected chi connectivity index (χ0v) is 24.7. The van der Waals surface area contributed by atoms with Crippen LogP contribution >= 0.6 is 23.1 Å². The van der Waals surface area contributed by atoms with Crippen molar-refractivity contribution in [2.24, 2.45) is 5.92 Å². The van der Waals surface area contributed by atoms with Gasteiger partial charge in [0.15, 0.2) is 16.6 Å². The summed E-state index contributed by atoms with van der Waals surface area (Å²) in [6, 6.07) is 23.0. The predicted octanol–water partition coefficient (Wildman–Crippen LogP) is 7.82. The highest BCUT2D eigenvalue weighted by atomic mass is 32.2. The van der Waals surface area contributed by atoms with Crippen molar-refractivity contribution >= 4 is 45.7 Å². The molecule has 1 unspecified atom stereocenters. The normalized spacial score (nSPS) is 14.2. The van der Waals surface area contributed by atoms with Gasteiger partial charge >= 0.3 is 0 Å². The minimum absolute atomic E-state index is 0.0992. The summed E-state index contributed by atoms with van der Waals surface area (Å²) in [5.41, 5.74) is 3.27. The lowest BCUT2D eigenvalue weighted by molar-refractivity contribution is -0.120. The molecule has 4 aromatic rings. The molecule has 1 aromatic heterocycles. The largest absolute Gasteiger partial charge is 0.493 e. The van der Waals surface area contributed by atoms with Crippen molar-refractivity contribution in [2.75, 3.05) is 24.9 Å². The first-order valence-corrected chi connectivity index (χ1v) is 15.4. The maximum absolute atomic E-state index is 13.6. The van der Waals surface area contributed by atoms with Crippen molar-refractivity contribution in [2.45, 2.75) is 42.2 Å². The molecule has 41 heavy (non-hydrogen) atoms. The van der Waals surface area contributed by atoms with Crippen LogP contribution in [0.15, 0.2) is 83.1 Å². The Morgan fingerprint density at radius 2 is 1.63 bits per heavy atom. The summed E-state index contributed by atoms with van der Waals surface area (Å²) in [5.74, 6) is 1.29. The molecule has 1 aliphatic rings. The van der Waals surface area contributed by atoms with Crippen LogP contribution in [-0.2, 0) is 9.59 Å². The zero-order valence-electron chi connectivity index (χ0n) is 23.1. The molecule has 1 fully saturated rings. The van der Waals surface area contributed by atoms with Crippen molar-refractivity contribution in [3.05, 3.63) is 83.7 Å². The van der Waals surface area contributed by atoms with E-state index in [1.165, 1.54) is 29.5 Å². The summed E-state index contributed by atoms with van der Waals surface area (Å²) < 4.78 is 10.7. The van der Waals surface area contributed by atoms with E-state index in [0.29, 0.717) is 16.6 Å². The number of ether oxygens (including phenoxy) is 2. The van der Waals surface area contributed by atoms with E-state index >= 15 is 0 Å². The van der Waals surface area contributed by atoms with Gasteiger partial charge in [0.2, 0.25) is 11.8 Å². The first-order chi connectivity index (χ1) is 20.0. The Morgan fingerprint density at radius 1 is 0.902 bits per heavy atom. The van der Waals surface area contributed by atoms with Crippen molar-refractivity contribution in [1.29, 1.82) is 0 Å². The molecule has 212 valence electrons. The maximum Gasteiger partial charge on any atom is 0.244 e. The minimum atomic E-state index is -0.493. The molecule has 0 radical (unpaired) electrons. The average Bonchev–Trinajstić information content (AvgIpc) is 3.49. The summed E-state index contributed by atoms with van der Waals surface area (Å²) in [6.45, 7) is 0. The van der Waals surface area contributed by atoms with Gasteiger partial charge in [0, 0.05) is 27.4 Å². The van der Waals surface area contributed by atoms with Gasteiger partial charge in [-0.3, -0.25) is 9.59 Å². The number of anilines is 2. The molecule has 7 nitrogen and oxygen atoms in total. The number of hydrogen-bond acceptors (Lipinski definition) is 7. The van der Waals surface area contributed by atoms with Crippen LogP contribution in [0.25, 0.3) is 11.3 Å². The number of carbonyl (C=O) groups is 2. The van der Waals surface area contributed by atoms with Crippen LogP contribution in [0.4, 0.5) is 10.8 Å². The Labute approximate surface area is 248 Å². The number of aromatic nitrogens is 1. The Morgan fingerprint density at radius 3 is 2.34 bits per heavy atom. The van der Waals surface area contributed by atoms with Crippen LogP contribution in [-0.4, -0.2) is 31.0 Å². The topological polar surface area (TPSA) is 89.6 Å². The molecule has 0 aliphatic heterocycles. The fourth-order valence-electron chi connectivity index (χ4n) is 4.89. The van der Waals surface area contributed by atoms with E-state index in [1.807, 2.05) is 78.2 Å². The second kappa shape index (κ2) is 13.7. The highest BCUT2D eigenvalue weighted by Gasteiger charge is 2.24. The van der Waals surface area contributed by atoms with Crippen molar-refractivity contribution in [3.63, 3.8) is 0 Å². The quantitative estimate of drug-likeness (QED) is 0.184. The summed E-state index contributed by atoms with van der Waals surface area (Å²) in [6.07, 6.45) is 5.38. The molecule has 1 aliphatic carbocycles.